The van der Waals surface area contributed by atoms with E-state index < -0.39 is 0 Å². The third-order valence-electron chi connectivity index (χ3n) is 4.55. The minimum Gasteiger partial charge on any atom is -0.376 e. The van der Waals surface area contributed by atoms with Gasteiger partial charge in [0.25, 0.3) is 5.56 Å². The van der Waals surface area contributed by atoms with Crippen molar-refractivity contribution < 1.29 is 4.74 Å². The fourth-order valence-electron chi connectivity index (χ4n) is 3.25. The number of hydrogen-bond acceptors (Lipinski definition) is 4. The Hall–Kier alpha value is -2.37. The lowest BCUT2D eigenvalue weighted by Gasteiger charge is -2.14. The molecule has 1 aromatic heterocycles. The topological polar surface area (TPSA) is 70.1 Å². The van der Waals surface area contributed by atoms with E-state index in [1.807, 2.05) is 36.4 Å². The molecule has 1 aliphatic heterocycles. The van der Waals surface area contributed by atoms with Crippen molar-refractivity contribution in [2.45, 2.75) is 25.5 Å². The molecule has 0 amide bonds. The Labute approximate surface area is 150 Å². The van der Waals surface area contributed by atoms with Gasteiger partial charge in [0.05, 0.1) is 23.6 Å². The van der Waals surface area contributed by atoms with Crippen LogP contribution in [0.25, 0.3) is 22.0 Å². The second-order valence-electron chi connectivity index (χ2n) is 6.26. The average molecular weight is 356 g/mol. The summed E-state index contributed by atoms with van der Waals surface area (Å²) in [5.74, 6) is 0.219. The average Bonchev–Trinajstić information content (AvgIpc) is 3.11. The Morgan fingerprint density at radius 2 is 2.08 bits per heavy atom. The minimum atomic E-state index is -0.129. The van der Waals surface area contributed by atoms with E-state index in [2.05, 4.69) is 4.98 Å². The summed E-state index contributed by atoms with van der Waals surface area (Å²) in [6, 6.07) is 13.1. The minimum absolute atomic E-state index is 0.0324. The van der Waals surface area contributed by atoms with Gasteiger partial charge in [-0.05, 0) is 48.2 Å². The van der Waals surface area contributed by atoms with Crippen molar-refractivity contribution >= 4 is 28.5 Å². The van der Waals surface area contributed by atoms with E-state index in [1.165, 1.54) is 4.57 Å². The van der Waals surface area contributed by atoms with Crippen LogP contribution in [-0.4, -0.2) is 22.3 Å². The summed E-state index contributed by atoms with van der Waals surface area (Å²) in [5.41, 5.74) is 8.42. The molecule has 128 valence electrons. The van der Waals surface area contributed by atoms with Crippen LogP contribution < -0.4 is 11.3 Å². The molecule has 0 saturated carbocycles. The van der Waals surface area contributed by atoms with Crippen LogP contribution in [0.5, 0.6) is 0 Å². The van der Waals surface area contributed by atoms with E-state index >= 15 is 0 Å². The lowest BCUT2D eigenvalue weighted by Crippen LogP contribution is -2.29. The van der Waals surface area contributed by atoms with E-state index in [-0.39, 0.29) is 17.6 Å². The third kappa shape index (κ3) is 3.13. The van der Waals surface area contributed by atoms with Gasteiger partial charge in [0.2, 0.25) is 5.95 Å². The first-order valence-electron chi connectivity index (χ1n) is 8.29. The highest BCUT2D eigenvalue weighted by Crippen LogP contribution is 2.25. The Bertz CT molecular complexity index is 994. The van der Waals surface area contributed by atoms with E-state index in [0.717, 1.165) is 30.6 Å². The Kier molecular flexibility index (Phi) is 4.19. The quantitative estimate of drug-likeness (QED) is 0.780. The van der Waals surface area contributed by atoms with E-state index in [1.54, 1.807) is 6.07 Å². The van der Waals surface area contributed by atoms with E-state index in [0.29, 0.717) is 22.5 Å². The molecule has 2 aromatic carbocycles. The normalized spacial score (nSPS) is 17.2. The molecule has 1 atom stereocenters. The number of benzene rings is 2. The smallest absolute Gasteiger partial charge is 0.262 e. The first-order valence-corrected chi connectivity index (χ1v) is 8.67. The molecule has 1 aliphatic rings. The largest absolute Gasteiger partial charge is 0.376 e. The summed E-state index contributed by atoms with van der Waals surface area (Å²) in [7, 11) is 0. The number of nitrogen functional groups attached to an aromatic ring is 1. The molecule has 0 spiro atoms. The first-order chi connectivity index (χ1) is 12.1. The standard InChI is InChI=1S/C19H18ClN3O2/c20-14-4-1-3-12(9-14)13-6-7-16-17(10-13)22-19(21)23(18(16)24)11-15-5-2-8-25-15/h1,3-4,6-7,9-10,15H,2,5,8,11H2,(H2,21,22). The van der Waals surface area contributed by atoms with Crippen molar-refractivity contribution in [3.8, 4) is 11.1 Å². The SMILES string of the molecule is Nc1nc2cc(-c3cccc(Cl)c3)ccc2c(=O)n1CC1CCCO1. The third-order valence-corrected chi connectivity index (χ3v) is 4.79. The van der Waals surface area contributed by atoms with Crippen molar-refractivity contribution in [2.24, 2.45) is 0 Å². The van der Waals surface area contributed by atoms with Gasteiger partial charge in [-0.25, -0.2) is 4.98 Å². The van der Waals surface area contributed by atoms with Crippen LogP contribution in [0.3, 0.4) is 0 Å². The van der Waals surface area contributed by atoms with Gasteiger partial charge < -0.3 is 10.5 Å². The highest BCUT2D eigenvalue weighted by molar-refractivity contribution is 6.30. The highest BCUT2D eigenvalue weighted by atomic mass is 35.5. The van der Waals surface area contributed by atoms with Crippen molar-refractivity contribution in [3.05, 3.63) is 57.8 Å². The van der Waals surface area contributed by atoms with Gasteiger partial charge in [-0.3, -0.25) is 9.36 Å². The number of ether oxygens (including phenoxy) is 1. The number of nitrogens with two attached hydrogens (primary N) is 1. The number of nitrogens with zero attached hydrogens (tertiary/aromatic N) is 2. The van der Waals surface area contributed by atoms with Crippen LogP contribution in [-0.2, 0) is 11.3 Å². The molecular formula is C19H18ClN3O2. The second kappa shape index (κ2) is 6.50. The zero-order valence-corrected chi connectivity index (χ0v) is 14.4. The lowest BCUT2D eigenvalue weighted by molar-refractivity contribution is 0.0966. The number of rotatable bonds is 3. The van der Waals surface area contributed by atoms with Crippen LogP contribution in [0.4, 0.5) is 5.95 Å². The summed E-state index contributed by atoms with van der Waals surface area (Å²) in [5, 5.41) is 1.22. The van der Waals surface area contributed by atoms with Gasteiger partial charge in [0, 0.05) is 11.6 Å². The van der Waals surface area contributed by atoms with Gasteiger partial charge >= 0.3 is 0 Å². The molecule has 5 nitrogen and oxygen atoms in total. The molecule has 0 bridgehead atoms. The molecule has 0 radical (unpaired) electrons. The highest BCUT2D eigenvalue weighted by Gasteiger charge is 2.19. The number of hydrogen-bond donors (Lipinski definition) is 1. The Morgan fingerprint density at radius 3 is 2.84 bits per heavy atom. The molecule has 0 aliphatic carbocycles. The molecule has 1 saturated heterocycles. The lowest BCUT2D eigenvalue weighted by atomic mass is 10.0. The van der Waals surface area contributed by atoms with Gasteiger partial charge in [-0.2, -0.15) is 0 Å². The maximum atomic E-state index is 12.8. The maximum Gasteiger partial charge on any atom is 0.262 e. The van der Waals surface area contributed by atoms with Crippen LogP contribution in [0.1, 0.15) is 12.8 Å². The monoisotopic (exact) mass is 355 g/mol. The molecule has 2 N–H and O–H groups in total. The van der Waals surface area contributed by atoms with Crippen LogP contribution >= 0.6 is 11.6 Å². The first kappa shape index (κ1) is 16.1. The molecule has 3 aromatic rings. The van der Waals surface area contributed by atoms with Gasteiger partial charge in [0.1, 0.15) is 0 Å². The number of halogens is 1. The van der Waals surface area contributed by atoms with Crippen LogP contribution in [0.2, 0.25) is 5.02 Å². The number of anilines is 1. The molecule has 1 unspecified atom stereocenters. The van der Waals surface area contributed by atoms with Gasteiger partial charge in [-0.15, -0.1) is 0 Å². The summed E-state index contributed by atoms with van der Waals surface area (Å²) >= 11 is 6.06. The summed E-state index contributed by atoms with van der Waals surface area (Å²) in [6.07, 6.45) is 1.99. The summed E-state index contributed by atoms with van der Waals surface area (Å²) in [4.78, 5) is 17.2. The molecule has 25 heavy (non-hydrogen) atoms. The van der Waals surface area contributed by atoms with Crippen molar-refractivity contribution in [2.75, 3.05) is 12.3 Å². The predicted molar refractivity (Wildman–Crippen MR) is 99.8 cm³/mol. The number of aromatic nitrogens is 2. The van der Waals surface area contributed by atoms with Crippen molar-refractivity contribution in [3.63, 3.8) is 0 Å². The summed E-state index contributed by atoms with van der Waals surface area (Å²) in [6.45, 7) is 1.19. The second-order valence-corrected chi connectivity index (χ2v) is 6.70. The zero-order valence-electron chi connectivity index (χ0n) is 13.6. The number of fused-ring (bicyclic) bond motifs is 1. The van der Waals surface area contributed by atoms with Crippen LogP contribution in [0, 0.1) is 0 Å². The van der Waals surface area contributed by atoms with E-state index in [4.69, 9.17) is 22.1 Å². The van der Waals surface area contributed by atoms with Crippen molar-refractivity contribution in [1.29, 1.82) is 0 Å². The Balaban J connectivity index is 1.78. The van der Waals surface area contributed by atoms with Gasteiger partial charge in [-0.1, -0.05) is 29.8 Å². The Morgan fingerprint density at radius 1 is 1.24 bits per heavy atom. The summed E-state index contributed by atoms with van der Waals surface area (Å²) < 4.78 is 7.12. The fraction of sp³-hybridized carbons (Fsp3) is 0.263. The van der Waals surface area contributed by atoms with Crippen molar-refractivity contribution in [1.82, 2.24) is 9.55 Å². The fourth-order valence-corrected chi connectivity index (χ4v) is 3.44. The molecule has 4 rings (SSSR count). The molecule has 1 fully saturated rings. The van der Waals surface area contributed by atoms with Crippen LogP contribution in [0.15, 0.2) is 47.3 Å². The van der Waals surface area contributed by atoms with Gasteiger partial charge in [0.15, 0.2) is 0 Å². The maximum absolute atomic E-state index is 12.8. The molecular weight excluding hydrogens is 338 g/mol. The zero-order chi connectivity index (χ0) is 17.4. The molecule has 2 heterocycles. The predicted octanol–water partition coefficient (Wildman–Crippen LogP) is 3.48. The molecule has 6 heteroatoms. The van der Waals surface area contributed by atoms with E-state index in [9.17, 15) is 4.79 Å².